The number of rotatable bonds is 4. The Morgan fingerprint density at radius 2 is 2.47 bits per heavy atom. The Hall–Kier alpha value is -0.650. The fourth-order valence-electron chi connectivity index (χ4n) is 2.77. The van der Waals surface area contributed by atoms with Crippen molar-refractivity contribution >= 4 is 27.3 Å². The van der Waals surface area contributed by atoms with Gasteiger partial charge in [-0.15, -0.1) is 11.3 Å². The van der Waals surface area contributed by atoms with Gasteiger partial charge in [0.1, 0.15) is 0 Å². The maximum absolute atomic E-state index is 4.50. The Bertz CT molecular complexity index is 561. The molecule has 0 fully saturated rings. The van der Waals surface area contributed by atoms with Crippen molar-refractivity contribution in [2.75, 3.05) is 0 Å². The molecule has 0 radical (unpaired) electrons. The maximum atomic E-state index is 4.50. The van der Waals surface area contributed by atoms with E-state index in [4.69, 9.17) is 0 Å². The first kappa shape index (κ1) is 13.3. The number of nitrogens with one attached hydrogen (secondary N) is 1. The molecule has 2 heterocycles. The molecule has 0 amide bonds. The molecule has 0 aromatic carbocycles. The summed E-state index contributed by atoms with van der Waals surface area (Å²) in [6.07, 6.45) is 5.70. The van der Waals surface area contributed by atoms with Gasteiger partial charge in [0, 0.05) is 45.1 Å². The Balaban J connectivity index is 1.71. The van der Waals surface area contributed by atoms with Gasteiger partial charge >= 0.3 is 0 Å². The molecule has 1 N–H and O–H groups in total. The SMILES string of the molecule is CCn1ncc2c1CCCC2NCc1cc(Br)cs1. The molecule has 0 saturated heterocycles. The predicted molar refractivity (Wildman–Crippen MR) is 82.4 cm³/mol. The third-order valence-corrected chi connectivity index (χ3v) is 5.40. The molecule has 2 aromatic rings. The smallest absolute Gasteiger partial charge is 0.0540 e. The van der Waals surface area contributed by atoms with E-state index in [2.05, 4.69) is 55.6 Å². The molecule has 3 nitrogen and oxygen atoms in total. The van der Waals surface area contributed by atoms with Crippen LogP contribution in [0.25, 0.3) is 0 Å². The Morgan fingerprint density at radius 3 is 3.21 bits per heavy atom. The van der Waals surface area contributed by atoms with Crippen LogP contribution in [0, 0.1) is 0 Å². The van der Waals surface area contributed by atoms with Gasteiger partial charge in [0.15, 0.2) is 0 Å². The number of nitrogens with zero attached hydrogens (tertiary/aromatic N) is 2. The average Bonchev–Trinajstić information content (AvgIpc) is 3.02. The van der Waals surface area contributed by atoms with Crippen molar-refractivity contribution in [1.29, 1.82) is 0 Å². The average molecular weight is 340 g/mol. The van der Waals surface area contributed by atoms with E-state index in [-0.39, 0.29) is 0 Å². The minimum atomic E-state index is 0.463. The predicted octanol–water partition coefficient (Wildman–Crippen LogP) is 3.89. The van der Waals surface area contributed by atoms with Gasteiger partial charge < -0.3 is 5.32 Å². The standard InChI is InChI=1S/C14H18BrN3S/c1-2-18-14-5-3-4-13(12(14)8-17-18)16-7-11-6-10(15)9-19-11/h6,8-9,13,16H,2-5,7H2,1H3. The number of aromatic nitrogens is 2. The van der Waals surface area contributed by atoms with Crippen molar-refractivity contribution in [3.05, 3.63) is 38.3 Å². The molecule has 19 heavy (non-hydrogen) atoms. The van der Waals surface area contributed by atoms with Crippen LogP contribution in [0.5, 0.6) is 0 Å². The summed E-state index contributed by atoms with van der Waals surface area (Å²) < 4.78 is 3.32. The highest BCUT2D eigenvalue weighted by molar-refractivity contribution is 9.10. The molecule has 0 spiro atoms. The third-order valence-electron chi connectivity index (χ3n) is 3.71. The second-order valence-corrected chi connectivity index (χ2v) is 6.83. The summed E-state index contributed by atoms with van der Waals surface area (Å²) in [4.78, 5) is 1.38. The second-order valence-electron chi connectivity index (χ2n) is 4.92. The third kappa shape index (κ3) is 2.78. The lowest BCUT2D eigenvalue weighted by Gasteiger charge is -2.24. The summed E-state index contributed by atoms with van der Waals surface area (Å²) >= 11 is 5.30. The summed E-state index contributed by atoms with van der Waals surface area (Å²) in [5.41, 5.74) is 2.84. The van der Waals surface area contributed by atoms with E-state index in [0.29, 0.717) is 6.04 Å². The molecule has 3 rings (SSSR count). The van der Waals surface area contributed by atoms with Crippen LogP contribution in [-0.4, -0.2) is 9.78 Å². The van der Waals surface area contributed by atoms with E-state index < -0.39 is 0 Å². The lowest BCUT2D eigenvalue weighted by Crippen LogP contribution is -2.24. The van der Waals surface area contributed by atoms with Gasteiger partial charge in [-0.05, 0) is 48.2 Å². The normalized spacial score (nSPS) is 18.5. The van der Waals surface area contributed by atoms with Crippen molar-refractivity contribution in [2.45, 2.75) is 45.3 Å². The van der Waals surface area contributed by atoms with Crippen molar-refractivity contribution in [3.63, 3.8) is 0 Å². The molecule has 1 atom stereocenters. The molecule has 1 aliphatic rings. The van der Waals surface area contributed by atoms with Crippen LogP contribution in [0.2, 0.25) is 0 Å². The fourth-order valence-corrected chi connectivity index (χ4v) is 4.18. The Morgan fingerprint density at radius 1 is 1.58 bits per heavy atom. The maximum Gasteiger partial charge on any atom is 0.0540 e. The molecular weight excluding hydrogens is 322 g/mol. The van der Waals surface area contributed by atoms with E-state index in [1.807, 2.05) is 0 Å². The lowest BCUT2D eigenvalue weighted by molar-refractivity contribution is 0.449. The van der Waals surface area contributed by atoms with Gasteiger partial charge in [-0.1, -0.05) is 0 Å². The number of fused-ring (bicyclic) bond motifs is 1. The van der Waals surface area contributed by atoms with Gasteiger partial charge in [-0.25, -0.2) is 0 Å². The van der Waals surface area contributed by atoms with Crippen LogP contribution in [0.1, 0.15) is 41.9 Å². The summed E-state index contributed by atoms with van der Waals surface area (Å²) in [7, 11) is 0. The van der Waals surface area contributed by atoms with Gasteiger partial charge in [0.05, 0.1) is 6.20 Å². The van der Waals surface area contributed by atoms with E-state index in [0.717, 1.165) is 13.1 Å². The van der Waals surface area contributed by atoms with Crippen LogP contribution in [0.15, 0.2) is 22.1 Å². The van der Waals surface area contributed by atoms with Gasteiger partial charge in [-0.3, -0.25) is 4.68 Å². The van der Waals surface area contributed by atoms with Crippen LogP contribution in [-0.2, 0) is 19.5 Å². The molecule has 0 saturated carbocycles. The molecule has 102 valence electrons. The molecule has 5 heteroatoms. The quantitative estimate of drug-likeness (QED) is 0.915. The van der Waals surface area contributed by atoms with Gasteiger partial charge in [0.25, 0.3) is 0 Å². The monoisotopic (exact) mass is 339 g/mol. The number of hydrogen-bond donors (Lipinski definition) is 1. The van der Waals surface area contributed by atoms with E-state index in [1.165, 1.54) is 39.9 Å². The summed E-state index contributed by atoms with van der Waals surface area (Å²) in [5, 5.41) is 10.3. The van der Waals surface area contributed by atoms with E-state index in [9.17, 15) is 0 Å². The van der Waals surface area contributed by atoms with Gasteiger partial charge in [-0.2, -0.15) is 5.10 Å². The zero-order valence-corrected chi connectivity index (χ0v) is 13.4. The Kier molecular flexibility index (Phi) is 4.05. The zero-order valence-electron chi connectivity index (χ0n) is 11.0. The fraction of sp³-hybridized carbons (Fsp3) is 0.500. The largest absolute Gasteiger partial charge is 0.305 e. The van der Waals surface area contributed by atoms with E-state index in [1.54, 1.807) is 11.3 Å². The molecule has 1 unspecified atom stereocenters. The highest BCUT2D eigenvalue weighted by Crippen LogP contribution is 2.30. The second kappa shape index (κ2) is 5.77. The highest BCUT2D eigenvalue weighted by Gasteiger charge is 2.23. The molecular formula is C14H18BrN3S. The zero-order chi connectivity index (χ0) is 13.2. The first-order chi connectivity index (χ1) is 9.28. The molecule has 2 aromatic heterocycles. The van der Waals surface area contributed by atoms with Crippen LogP contribution in [0.3, 0.4) is 0 Å². The first-order valence-corrected chi connectivity index (χ1v) is 8.46. The minimum absolute atomic E-state index is 0.463. The molecule has 1 aliphatic carbocycles. The topological polar surface area (TPSA) is 29.9 Å². The number of halogens is 1. The minimum Gasteiger partial charge on any atom is -0.305 e. The van der Waals surface area contributed by atoms with Crippen molar-refractivity contribution in [3.8, 4) is 0 Å². The van der Waals surface area contributed by atoms with Crippen LogP contribution < -0.4 is 5.32 Å². The number of hydrogen-bond acceptors (Lipinski definition) is 3. The Labute approximate surface area is 126 Å². The summed E-state index contributed by atoms with van der Waals surface area (Å²) in [6.45, 7) is 4.07. The van der Waals surface area contributed by atoms with E-state index >= 15 is 0 Å². The van der Waals surface area contributed by atoms with Crippen LogP contribution >= 0.6 is 27.3 Å². The van der Waals surface area contributed by atoms with Crippen molar-refractivity contribution in [2.24, 2.45) is 0 Å². The summed E-state index contributed by atoms with van der Waals surface area (Å²) in [6, 6.07) is 2.65. The number of thiophene rings is 1. The lowest BCUT2D eigenvalue weighted by atomic mass is 9.93. The van der Waals surface area contributed by atoms with Crippen molar-refractivity contribution in [1.82, 2.24) is 15.1 Å². The molecule has 0 bridgehead atoms. The summed E-state index contributed by atoms with van der Waals surface area (Å²) in [5.74, 6) is 0. The van der Waals surface area contributed by atoms with Crippen molar-refractivity contribution < 1.29 is 0 Å². The first-order valence-electron chi connectivity index (χ1n) is 6.78. The molecule has 0 aliphatic heterocycles. The number of aryl methyl sites for hydroxylation is 1. The van der Waals surface area contributed by atoms with Crippen LogP contribution in [0.4, 0.5) is 0 Å². The highest BCUT2D eigenvalue weighted by atomic mass is 79.9. The van der Waals surface area contributed by atoms with Gasteiger partial charge in [0.2, 0.25) is 0 Å².